The molecule has 1 aromatic rings. The molecule has 0 spiro atoms. The van der Waals surface area contributed by atoms with Crippen molar-refractivity contribution in [2.24, 2.45) is 0 Å². The van der Waals surface area contributed by atoms with Crippen molar-refractivity contribution in [2.75, 3.05) is 12.5 Å². The maximum absolute atomic E-state index is 6.10. The molecule has 0 aliphatic carbocycles. The van der Waals surface area contributed by atoms with E-state index in [0.717, 1.165) is 10.2 Å². The molecule has 0 unspecified atom stereocenters. The topological polar surface area (TPSA) is 9.23 Å². The third-order valence-corrected chi connectivity index (χ3v) is 6.63. The van der Waals surface area contributed by atoms with Gasteiger partial charge < -0.3 is 4.18 Å². The third kappa shape index (κ3) is 3.42. The molecule has 0 N–H and O–H groups in total. The zero-order chi connectivity index (χ0) is 11.7. The largest absolute Gasteiger partial charge is 0.449 e. The van der Waals surface area contributed by atoms with Crippen LogP contribution < -0.4 is 4.18 Å². The standard InChI is InChI=1S/C12H19BrOS/c1-12(2,3)15(4,5)14-11-8-6-7-10(13)9-11/h6-9H,1-5H3. The maximum Gasteiger partial charge on any atom is 0.135 e. The zero-order valence-electron chi connectivity index (χ0n) is 10.0. The van der Waals surface area contributed by atoms with Gasteiger partial charge in [0.05, 0.1) is 0 Å². The monoisotopic (exact) mass is 290 g/mol. The molecule has 0 heterocycles. The normalized spacial score (nSPS) is 13.7. The first kappa shape index (κ1) is 12.9. The minimum absolute atomic E-state index is 0.190. The molecule has 1 aromatic carbocycles. The summed E-state index contributed by atoms with van der Waals surface area (Å²) in [6.45, 7) is 6.67. The van der Waals surface area contributed by atoms with Crippen LogP contribution in [0.5, 0.6) is 5.75 Å². The highest BCUT2D eigenvalue weighted by molar-refractivity contribution is 9.10. The Morgan fingerprint density at radius 2 is 1.80 bits per heavy atom. The van der Waals surface area contributed by atoms with Crippen molar-refractivity contribution < 1.29 is 4.18 Å². The van der Waals surface area contributed by atoms with Crippen LogP contribution in [-0.2, 0) is 0 Å². The first-order valence-electron chi connectivity index (χ1n) is 4.90. The molecule has 86 valence electrons. The summed E-state index contributed by atoms with van der Waals surface area (Å²) < 4.78 is 7.35. The second-order valence-corrected chi connectivity index (χ2v) is 9.66. The lowest BCUT2D eigenvalue weighted by Crippen LogP contribution is -2.27. The fourth-order valence-electron chi connectivity index (χ4n) is 0.884. The van der Waals surface area contributed by atoms with Crippen molar-refractivity contribution >= 4 is 26.2 Å². The van der Waals surface area contributed by atoms with E-state index in [1.807, 2.05) is 24.3 Å². The third-order valence-electron chi connectivity index (χ3n) is 2.58. The highest BCUT2D eigenvalue weighted by Gasteiger charge is 2.29. The second-order valence-electron chi connectivity index (χ2n) is 4.89. The van der Waals surface area contributed by atoms with E-state index in [1.165, 1.54) is 0 Å². The summed E-state index contributed by atoms with van der Waals surface area (Å²) in [6.07, 6.45) is 4.40. The van der Waals surface area contributed by atoms with Crippen LogP contribution in [0.25, 0.3) is 0 Å². The SMILES string of the molecule is CC(C)(C)S(C)(C)Oc1cccc(Br)c1. The Hall–Kier alpha value is -0.150. The molecule has 0 radical (unpaired) electrons. The fourth-order valence-corrected chi connectivity index (χ4v) is 2.10. The van der Waals surface area contributed by atoms with Crippen molar-refractivity contribution in [3.63, 3.8) is 0 Å². The smallest absolute Gasteiger partial charge is 0.135 e. The van der Waals surface area contributed by atoms with Gasteiger partial charge in [-0.3, -0.25) is 0 Å². The Labute approximate surface area is 103 Å². The van der Waals surface area contributed by atoms with E-state index in [1.54, 1.807) is 0 Å². The number of hydrogen-bond donors (Lipinski definition) is 0. The van der Waals surface area contributed by atoms with E-state index < -0.39 is 10.3 Å². The van der Waals surface area contributed by atoms with Crippen LogP contribution in [0, 0.1) is 0 Å². The number of hydrogen-bond acceptors (Lipinski definition) is 1. The van der Waals surface area contributed by atoms with Crippen molar-refractivity contribution in [2.45, 2.75) is 25.5 Å². The van der Waals surface area contributed by atoms with E-state index in [0.29, 0.717) is 0 Å². The predicted octanol–water partition coefficient (Wildman–Crippen LogP) is 4.61. The Kier molecular flexibility index (Phi) is 3.77. The van der Waals surface area contributed by atoms with Gasteiger partial charge >= 0.3 is 0 Å². The second kappa shape index (κ2) is 4.38. The Morgan fingerprint density at radius 1 is 1.20 bits per heavy atom. The van der Waals surface area contributed by atoms with Crippen LogP contribution in [-0.4, -0.2) is 17.3 Å². The maximum atomic E-state index is 6.10. The molecule has 3 heteroatoms. The quantitative estimate of drug-likeness (QED) is 0.773. The van der Waals surface area contributed by atoms with Crippen molar-refractivity contribution in [1.82, 2.24) is 0 Å². The van der Waals surface area contributed by atoms with Gasteiger partial charge in [0.2, 0.25) is 0 Å². The summed E-state index contributed by atoms with van der Waals surface area (Å²) in [4.78, 5) is 0. The van der Waals surface area contributed by atoms with Gasteiger partial charge in [0.1, 0.15) is 5.75 Å². The average molecular weight is 291 g/mol. The van der Waals surface area contributed by atoms with E-state index in [9.17, 15) is 0 Å². The van der Waals surface area contributed by atoms with Crippen LogP contribution in [0.4, 0.5) is 0 Å². The van der Waals surface area contributed by atoms with E-state index >= 15 is 0 Å². The van der Waals surface area contributed by atoms with Gasteiger partial charge in [0.15, 0.2) is 0 Å². The van der Waals surface area contributed by atoms with Gasteiger partial charge in [0.25, 0.3) is 0 Å². The first-order chi connectivity index (χ1) is 6.72. The van der Waals surface area contributed by atoms with Crippen LogP contribution in [0.2, 0.25) is 0 Å². The average Bonchev–Trinajstić information content (AvgIpc) is 2.00. The van der Waals surface area contributed by atoms with Crippen LogP contribution in [0.15, 0.2) is 28.7 Å². The van der Waals surface area contributed by atoms with Gasteiger partial charge in [-0.05, 0) is 51.5 Å². The van der Waals surface area contributed by atoms with Crippen LogP contribution in [0.1, 0.15) is 20.8 Å². The Bertz CT molecular complexity index is 342. The van der Waals surface area contributed by atoms with Gasteiger partial charge in [0, 0.05) is 9.22 Å². The number of halogens is 1. The lowest BCUT2D eigenvalue weighted by atomic mass is 10.3. The number of benzene rings is 1. The lowest BCUT2D eigenvalue weighted by molar-refractivity contribution is 0.586. The molecule has 15 heavy (non-hydrogen) atoms. The van der Waals surface area contributed by atoms with Crippen molar-refractivity contribution in [3.05, 3.63) is 28.7 Å². The highest BCUT2D eigenvalue weighted by atomic mass is 79.9. The molecular weight excluding hydrogens is 272 g/mol. The van der Waals surface area contributed by atoms with Gasteiger partial charge in [-0.25, -0.2) is 0 Å². The molecule has 0 amide bonds. The van der Waals surface area contributed by atoms with Crippen LogP contribution >= 0.6 is 26.2 Å². The molecular formula is C12H19BrOS. The van der Waals surface area contributed by atoms with Crippen molar-refractivity contribution in [1.29, 1.82) is 0 Å². The Morgan fingerprint density at radius 3 is 2.27 bits per heavy atom. The van der Waals surface area contributed by atoms with E-state index in [4.69, 9.17) is 4.18 Å². The first-order valence-corrected chi connectivity index (χ1v) is 8.07. The molecule has 0 fully saturated rings. The summed E-state index contributed by atoms with van der Waals surface area (Å²) in [6, 6.07) is 8.02. The zero-order valence-corrected chi connectivity index (χ0v) is 12.4. The minimum atomic E-state index is -1.09. The van der Waals surface area contributed by atoms with Gasteiger partial charge in [-0.15, -0.1) is 0 Å². The molecule has 0 saturated heterocycles. The molecule has 0 aliphatic heterocycles. The molecule has 1 nitrogen and oxygen atoms in total. The lowest BCUT2D eigenvalue weighted by Gasteiger charge is -2.43. The molecule has 1 rings (SSSR count). The summed E-state index contributed by atoms with van der Waals surface area (Å²) in [5, 5.41) is 0. The highest BCUT2D eigenvalue weighted by Crippen LogP contribution is 2.53. The summed E-state index contributed by atoms with van der Waals surface area (Å²) >= 11 is 3.45. The van der Waals surface area contributed by atoms with Gasteiger partial charge in [-0.1, -0.05) is 32.3 Å². The van der Waals surface area contributed by atoms with Crippen LogP contribution in [0.3, 0.4) is 0 Å². The molecule has 0 aliphatic rings. The van der Waals surface area contributed by atoms with Gasteiger partial charge in [-0.2, -0.15) is 0 Å². The molecule has 0 bridgehead atoms. The summed E-state index contributed by atoms with van der Waals surface area (Å²) in [5.74, 6) is 0.944. The fraction of sp³-hybridized carbons (Fsp3) is 0.500. The summed E-state index contributed by atoms with van der Waals surface area (Å²) in [7, 11) is -1.09. The van der Waals surface area contributed by atoms with Crippen molar-refractivity contribution in [3.8, 4) is 5.75 Å². The molecule has 0 saturated carbocycles. The number of rotatable bonds is 2. The van der Waals surface area contributed by atoms with E-state index in [-0.39, 0.29) is 4.75 Å². The van der Waals surface area contributed by atoms with E-state index in [2.05, 4.69) is 49.2 Å². The predicted molar refractivity (Wildman–Crippen MR) is 74.0 cm³/mol. The molecule has 0 aromatic heterocycles. The summed E-state index contributed by atoms with van der Waals surface area (Å²) in [5.41, 5.74) is 0. The Balaban J connectivity index is 2.87. The molecule has 0 atom stereocenters. The minimum Gasteiger partial charge on any atom is -0.449 e.